The maximum Gasteiger partial charge on any atom is 0.131 e. The molecule has 0 saturated heterocycles. The Balaban J connectivity index is 2.12. The first-order chi connectivity index (χ1) is 8.78. The molecule has 3 nitrogen and oxygen atoms in total. The summed E-state index contributed by atoms with van der Waals surface area (Å²) in [7, 11) is 0. The molecular formula is C14H13FN2O. The van der Waals surface area contributed by atoms with E-state index in [0.717, 1.165) is 22.4 Å². The van der Waals surface area contributed by atoms with Crippen molar-refractivity contribution in [1.82, 2.24) is 4.98 Å². The van der Waals surface area contributed by atoms with E-state index in [0.29, 0.717) is 13.0 Å². The van der Waals surface area contributed by atoms with E-state index >= 15 is 0 Å². The highest BCUT2D eigenvalue weighted by Crippen LogP contribution is 2.39. The molecule has 0 aliphatic carbocycles. The number of nitrogens with two attached hydrogens (primary N) is 1. The number of aromatic nitrogens is 1. The van der Waals surface area contributed by atoms with Gasteiger partial charge in [0, 0.05) is 42.0 Å². The molecule has 1 aliphatic rings. The molecule has 92 valence electrons. The number of benzene rings is 1. The molecule has 0 bridgehead atoms. The van der Waals surface area contributed by atoms with Gasteiger partial charge in [-0.25, -0.2) is 4.39 Å². The van der Waals surface area contributed by atoms with E-state index in [1.54, 1.807) is 12.4 Å². The van der Waals surface area contributed by atoms with Gasteiger partial charge >= 0.3 is 0 Å². The normalized spacial score (nSPS) is 17.3. The van der Waals surface area contributed by atoms with E-state index in [4.69, 9.17) is 10.5 Å². The van der Waals surface area contributed by atoms with Crippen molar-refractivity contribution in [3.8, 4) is 16.9 Å². The molecule has 3 rings (SSSR count). The summed E-state index contributed by atoms with van der Waals surface area (Å²) < 4.78 is 19.4. The van der Waals surface area contributed by atoms with E-state index in [-0.39, 0.29) is 11.9 Å². The minimum atomic E-state index is -0.256. The summed E-state index contributed by atoms with van der Waals surface area (Å²) in [6, 6.07) is 6.71. The van der Waals surface area contributed by atoms with Crippen molar-refractivity contribution in [2.45, 2.75) is 12.5 Å². The molecule has 1 aromatic carbocycles. The summed E-state index contributed by atoms with van der Waals surface area (Å²) in [5, 5.41) is 0. The van der Waals surface area contributed by atoms with Gasteiger partial charge in [0.2, 0.25) is 0 Å². The maximum absolute atomic E-state index is 13.6. The molecule has 2 N–H and O–H groups in total. The van der Waals surface area contributed by atoms with Crippen LogP contribution in [0.2, 0.25) is 0 Å². The Kier molecular flexibility index (Phi) is 2.72. The Bertz CT molecular complexity index is 572. The van der Waals surface area contributed by atoms with Gasteiger partial charge in [-0.2, -0.15) is 0 Å². The van der Waals surface area contributed by atoms with Gasteiger partial charge in [-0.15, -0.1) is 0 Å². The van der Waals surface area contributed by atoms with Crippen molar-refractivity contribution in [2.75, 3.05) is 6.54 Å². The Labute approximate surface area is 104 Å². The van der Waals surface area contributed by atoms with Crippen LogP contribution in [0, 0.1) is 5.82 Å². The zero-order valence-electron chi connectivity index (χ0n) is 9.77. The highest BCUT2D eigenvalue weighted by atomic mass is 19.1. The number of ether oxygens (including phenoxy) is 1. The Hall–Kier alpha value is -1.94. The predicted molar refractivity (Wildman–Crippen MR) is 66.8 cm³/mol. The number of fused-ring (bicyclic) bond motifs is 1. The first kappa shape index (κ1) is 11.2. The lowest BCUT2D eigenvalue weighted by Crippen LogP contribution is -2.24. The van der Waals surface area contributed by atoms with Crippen molar-refractivity contribution in [2.24, 2.45) is 5.73 Å². The molecule has 18 heavy (non-hydrogen) atoms. The Morgan fingerprint density at radius 2 is 2.33 bits per heavy atom. The second-order valence-electron chi connectivity index (χ2n) is 4.36. The molecule has 2 heterocycles. The zero-order valence-corrected chi connectivity index (χ0v) is 9.77. The molecule has 0 amide bonds. The van der Waals surface area contributed by atoms with Crippen LogP contribution in [0.3, 0.4) is 0 Å². The molecule has 4 heteroatoms. The highest BCUT2D eigenvalue weighted by molar-refractivity contribution is 5.72. The predicted octanol–water partition coefficient (Wildman–Crippen LogP) is 2.15. The summed E-state index contributed by atoms with van der Waals surface area (Å²) >= 11 is 0. The van der Waals surface area contributed by atoms with Gasteiger partial charge < -0.3 is 10.5 Å². The van der Waals surface area contributed by atoms with Crippen LogP contribution in [0.15, 0.2) is 36.7 Å². The van der Waals surface area contributed by atoms with Crippen molar-refractivity contribution >= 4 is 0 Å². The number of hydrogen-bond acceptors (Lipinski definition) is 3. The summed E-state index contributed by atoms with van der Waals surface area (Å²) in [4.78, 5) is 4.05. The minimum Gasteiger partial charge on any atom is -0.488 e. The van der Waals surface area contributed by atoms with Crippen LogP contribution >= 0.6 is 0 Å². The van der Waals surface area contributed by atoms with Crippen LogP contribution in [0.4, 0.5) is 4.39 Å². The highest BCUT2D eigenvalue weighted by Gasteiger charge is 2.25. The molecular weight excluding hydrogens is 231 g/mol. The number of pyridine rings is 1. The van der Waals surface area contributed by atoms with Gasteiger partial charge in [0.25, 0.3) is 0 Å². The number of hydrogen-bond donors (Lipinski definition) is 1. The fourth-order valence-electron chi connectivity index (χ4n) is 2.26. The van der Waals surface area contributed by atoms with Gasteiger partial charge in [0.05, 0.1) is 0 Å². The van der Waals surface area contributed by atoms with Crippen LogP contribution < -0.4 is 10.5 Å². The number of nitrogens with zero attached hydrogens (tertiary/aromatic N) is 1. The number of halogens is 1. The van der Waals surface area contributed by atoms with Crippen LogP contribution in [-0.4, -0.2) is 17.6 Å². The fourth-order valence-corrected chi connectivity index (χ4v) is 2.26. The second kappa shape index (κ2) is 4.38. The Morgan fingerprint density at radius 3 is 3.06 bits per heavy atom. The monoisotopic (exact) mass is 244 g/mol. The average molecular weight is 244 g/mol. The minimum absolute atomic E-state index is 0.0581. The molecule has 1 unspecified atom stereocenters. The second-order valence-corrected chi connectivity index (χ2v) is 4.36. The van der Waals surface area contributed by atoms with Crippen LogP contribution in [0.1, 0.15) is 5.56 Å². The lowest BCUT2D eigenvalue weighted by atomic mass is 10.0. The summed E-state index contributed by atoms with van der Waals surface area (Å²) in [6.45, 7) is 0.433. The lowest BCUT2D eigenvalue weighted by Gasteiger charge is -2.10. The van der Waals surface area contributed by atoms with Crippen LogP contribution in [0.25, 0.3) is 11.1 Å². The summed E-state index contributed by atoms with van der Waals surface area (Å²) in [5.41, 5.74) is 8.09. The molecule has 2 aromatic rings. The quantitative estimate of drug-likeness (QED) is 0.880. The molecule has 1 aromatic heterocycles. The first-order valence-electron chi connectivity index (χ1n) is 5.87. The third-order valence-corrected chi connectivity index (χ3v) is 3.10. The molecule has 0 spiro atoms. The molecule has 0 radical (unpaired) electrons. The largest absolute Gasteiger partial charge is 0.488 e. The van der Waals surface area contributed by atoms with E-state index in [9.17, 15) is 4.39 Å². The van der Waals surface area contributed by atoms with Gasteiger partial charge in [-0.05, 0) is 18.2 Å². The van der Waals surface area contributed by atoms with Crippen molar-refractivity contribution in [1.29, 1.82) is 0 Å². The Morgan fingerprint density at radius 1 is 1.44 bits per heavy atom. The third-order valence-electron chi connectivity index (χ3n) is 3.10. The number of rotatable bonds is 2. The van der Waals surface area contributed by atoms with Gasteiger partial charge in [-0.1, -0.05) is 6.07 Å². The van der Waals surface area contributed by atoms with E-state index in [2.05, 4.69) is 4.98 Å². The van der Waals surface area contributed by atoms with Gasteiger partial charge in [0.1, 0.15) is 17.7 Å². The fraction of sp³-hybridized carbons (Fsp3) is 0.214. The van der Waals surface area contributed by atoms with Crippen LogP contribution in [0.5, 0.6) is 5.75 Å². The standard InChI is InChI=1S/C14H13FN2O/c15-11-4-10-5-12(7-16)18-14(10)13(6-11)9-2-1-3-17-8-9/h1-4,6,8,12H,5,7,16H2. The molecule has 0 fully saturated rings. The van der Waals surface area contributed by atoms with Crippen molar-refractivity contribution < 1.29 is 9.13 Å². The average Bonchev–Trinajstić information content (AvgIpc) is 2.81. The summed E-state index contributed by atoms with van der Waals surface area (Å²) in [6.07, 6.45) is 4.00. The topological polar surface area (TPSA) is 48.1 Å². The smallest absolute Gasteiger partial charge is 0.131 e. The molecule has 0 saturated carbocycles. The lowest BCUT2D eigenvalue weighted by molar-refractivity contribution is 0.242. The van der Waals surface area contributed by atoms with E-state index in [1.165, 1.54) is 12.1 Å². The van der Waals surface area contributed by atoms with Gasteiger partial charge in [0.15, 0.2) is 0 Å². The molecule has 1 aliphatic heterocycles. The van der Waals surface area contributed by atoms with Gasteiger partial charge in [-0.3, -0.25) is 4.98 Å². The van der Waals surface area contributed by atoms with Crippen molar-refractivity contribution in [3.63, 3.8) is 0 Å². The molecule has 1 atom stereocenters. The van der Waals surface area contributed by atoms with E-state index < -0.39 is 0 Å². The van der Waals surface area contributed by atoms with Crippen molar-refractivity contribution in [3.05, 3.63) is 48.0 Å². The summed E-state index contributed by atoms with van der Waals surface area (Å²) in [5.74, 6) is 0.480. The maximum atomic E-state index is 13.6. The van der Waals surface area contributed by atoms with Crippen LogP contribution in [-0.2, 0) is 6.42 Å². The third kappa shape index (κ3) is 1.84. The van der Waals surface area contributed by atoms with E-state index in [1.807, 2.05) is 12.1 Å². The first-order valence-corrected chi connectivity index (χ1v) is 5.87. The zero-order chi connectivity index (χ0) is 12.5. The SMILES string of the molecule is NCC1Cc2cc(F)cc(-c3cccnc3)c2O1.